The van der Waals surface area contributed by atoms with Crippen LogP contribution in [0.4, 0.5) is 0 Å². The minimum absolute atomic E-state index is 0.121. The Labute approximate surface area is 111 Å². The highest BCUT2D eigenvalue weighted by Crippen LogP contribution is 2.10. The predicted octanol–water partition coefficient (Wildman–Crippen LogP) is 2.13. The summed E-state index contributed by atoms with van der Waals surface area (Å²) < 4.78 is 4.85. The molecule has 1 heterocycles. The number of carbonyl (C=O) groups excluding carboxylic acids is 2. The monoisotopic (exact) mass is 272 g/mol. The average Bonchev–Trinajstić information content (AvgIpc) is 2.79. The molecule has 100 valence electrons. The molecule has 1 aromatic heterocycles. The molecule has 0 spiro atoms. The molecule has 1 aromatic rings. The van der Waals surface area contributed by atoms with Crippen molar-refractivity contribution in [3.63, 3.8) is 0 Å². The summed E-state index contributed by atoms with van der Waals surface area (Å²) in [6, 6.07) is 1.57. The van der Waals surface area contributed by atoms with E-state index in [2.05, 4.69) is 10.3 Å². The van der Waals surface area contributed by atoms with Crippen LogP contribution < -0.4 is 5.32 Å². The first-order valence-corrected chi connectivity index (χ1v) is 6.25. The summed E-state index contributed by atoms with van der Waals surface area (Å²) in [5.74, 6) is -0.892. The van der Waals surface area contributed by atoms with E-state index in [1.54, 1.807) is 0 Å². The van der Waals surface area contributed by atoms with Gasteiger partial charge in [-0.05, 0) is 18.9 Å². The van der Waals surface area contributed by atoms with Gasteiger partial charge in [-0.25, -0.2) is 4.79 Å². The number of rotatable bonds is 6. The number of ether oxygens (including phenoxy) is 1. The Morgan fingerprint density at radius 3 is 2.61 bits per heavy atom. The molecule has 1 amide bonds. The van der Waals surface area contributed by atoms with Gasteiger partial charge in [0.1, 0.15) is 5.69 Å². The number of halogens is 1. The van der Waals surface area contributed by atoms with Gasteiger partial charge in [-0.1, -0.05) is 25.4 Å². The Morgan fingerprint density at radius 2 is 2.11 bits per heavy atom. The second-order valence-electron chi connectivity index (χ2n) is 3.89. The molecule has 0 fully saturated rings. The number of amides is 1. The third-order valence-corrected chi connectivity index (χ3v) is 2.77. The van der Waals surface area contributed by atoms with Crippen LogP contribution in [-0.4, -0.2) is 29.5 Å². The van der Waals surface area contributed by atoms with E-state index in [-0.39, 0.29) is 24.2 Å². The van der Waals surface area contributed by atoms with E-state index in [1.165, 1.54) is 12.3 Å². The van der Waals surface area contributed by atoms with Gasteiger partial charge in [-0.3, -0.25) is 4.79 Å². The lowest BCUT2D eigenvalue weighted by atomic mass is 10.2. The number of hydrogen-bond donors (Lipinski definition) is 2. The lowest BCUT2D eigenvalue weighted by Gasteiger charge is -2.14. The molecular formula is C12H17ClN2O3. The smallest absolute Gasteiger partial charge is 0.355 e. The number of hydrogen-bond acceptors (Lipinski definition) is 3. The highest BCUT2D eigenvalue weighted by molar-refractivity contribution is 6.30. The Morgan fingerprint density at radius 1 is 1.44 bits per heavy atom. The number of esters is 1. The minimum atomic E-state index is -0.596. The Kier molecular flexibility index (Phi) is 5.71. The van der Waals surface area contributed by atoms with Crippen LogP contribution in [0, 0.1) is 0 Å². The summed E-state index contributed by atoms with van der Waals surface area (Å²) in [6.07, 6.45) is 3.17. The second-order valence-corrected chi connectivity index (χ2v) is 4.33. The van der Waals surface area contributed by atoms with Crippen molar-refractivity contribution >= 4 is 23.5 Å². The molecule has 0 bridgehead atoms. The summed E-state index contributed by atoms with van der Waals surface area (Å²) in [4.78, 5) is 25.6. The van der Waals surface area contributed by atoms with Gasteiger partial charge in [0.2, 0.25) is 0 Å². The minimum Gasteiger partial charge on any atom is -0.451 e. The van der Waals surface area contributed by atoms with Crippen molar-refractivity contribution < 1.29 is 14.3 Å². The van der Waals surface area contributed by atoms with E-state index in [0.29, 0.717) is 5.02 Å². The molecule has 1 rings (SSSR count). The van der Waals surface area contributed by atoms with Gasteiger partial charge in [0.15, 0.2) is 6.61 Å². The van der Waals surface area contributed by atoms with E-state index in [0.717, 1.165) is 12.8 Å². The van der Waals surface area contributed by atoms with Gasteiger partial charge < -0.3 is 15.0 Å². The SMILES string of the molecule is CCC(CC)NC(=O)COC(=O)c1cc(Cl)c[nH]1. The van der Waals surface area contributed by atoms with E-state index < -0.39 is 5.97 Å². The number of aromatic nitrogens is 1. The molecule has 6 heteroatoms. The molecule has 0 saturated heterocycles. The third-order valence-electron chi connectivity index (χ3n) is 2.55. The van der Waals surface area contributed by atoms with Crippen molar-refractivity contribution in [2.45, 2.75) is 32.7 Å². The lowest BCUT2D eigenvalue weighted by molar-refractivity contribution is -0.125. The van der Waals surface area contributed by atoms with Crippen LogP contribution in [0.2, 0.25) is 5.02 Å². The summed E-state index contributed by atoms with van der Waals surface area (Å²) >= 11 is 5.66. The van der Waals surface area contributed by atoms with Crippen LogP contribution in [0.1, 0.15) is 37.2 Å². The molecular weight excluding hydrogens is 256 g/mol. The number of H-pyrrole nitrogens is 1. The normalized spacial score (nSPS) is 10.4. The molecule has 0 aromatic carbocycles. The van der Waals surface area contributed by atoms with Gasteiger partial charge >= 0.3 is 5.97 Å². The fourth-order valence-corrected chi connectivity index (χ4v) is 1.62. The van der Waals surface area contributed by atoms with Crippen molar-refractivity contribution in [2.75, 3.05) is 6.61 Å². The highest BCUT2D eigenvalue weighted by atomic mass is 35.5. The summed E-state index contributed by atoms with van der Waals surface area (Å²) in [7, 11) is 0. The van der Waals surface area contributed by atoms with Crippen molar-refractivity contribution in [3.8, 4) is 0 Å². The molecule has 2 N–H and O–H groups in total. The Hall–Kier alpha value is -1.49. The third kappa shape index (κ3) is 4.41. The molecule has 0 atom stereocenters. The topological polar surface area (TPSA) is 71.2 Å². The number of nitrogens with one attached hydrogen (secondary N) is 2. The maximum absolute atomic E-state index is 11.5. The van der Waals surface area contributed by atoms with Crippen LogP contribution in [-0.2, 0) is 9.53 Å². The fraction of sp³-hybridized carbons (Fsp3) is 0.500. The maximum Gasteiger partial charge on any atom is 0.355 e. The lowest BCUT2D eigenvalue weighted by Crippen LogP contribution is -2.36. The summed E-state index contributed by atoms with van der Waals surface area (Å²) in [5.41, 5.74) is 0.232. The van der Waals surface area contributed by atoms with E-state index in [1.807, 2.05) is 13.8 Å². The zero-order chi connectivity index (χ0) is 13.5. The first kappa shape index (κ1) is 14.6. The molecule has 0 unspecified atom stereocenters. The van der Waals surface area contributed by atoms with Crippen LogP contribution >= 0.6 is 11.6 Å². The molecule has 0 saturated carbocycles. The van der Waals surface area contributed by atoms with Crippen molar-refractivity contribution in [3.05, 3.63) is 23.0 Å². The molecule has 0 radical (unpaired) electrons. The summed E-state index contributed by atoms with van der Waals surface area (Å²) in [6.45, 7) is 3.69. The van der Waals surface area contributed by atoms with Gasteiger partial charge in [-0.2, -0.15) is 0 Å². The van der Waals surface area contributed by atoms with Crippen molar-refractivity contribution in [1.82, 2.24) is 10.3 Å². The highest BCUT2D eigenvalue weighted by Gasteiger charge is 2.13. The van der Waals surface area contributed by atoms with Gasteiger partial charge in [0.05, 0.1) is 5.02 Å². The van der Waals surface area contributed by atoms with Crippen LogP contribution in [0.5, 0.6) is 0 Å². The standard InChI is InChI=1S/C12H17ClN2O3/c1-3-9(4-2)15-11(16)7-18-12(17)10-5-8(13)6-14-10/h5-6,9,14H,3-4,7H2,1-2H3,(H,15,16). The molecule has 0 aliphatic rings. The number of aromatic amines is 1. The Bertz CT molecular complexity index is 413. The molecule has 0 aliphatic heterocycles. The van der Waals surface area contributed by atoms with Gasteiger partial charge in [-0.15, -0.1) is 0 Å². The molecule has 18 heavy (non-hydrogen) atoms. The summed E-state index contributed by atoms with van der Waals surface area (Å²) in [5, 5.41) is 3.20. The largest absolute Gasteiger partial charge is 0.451 e. The van der Waals surface area contributed by atoms with Gasteiger partial charge in [0.25, 0.3) is 5.91 Å². The van der Waals surface area contributed by atoms with Gasteiger partial charge in [0, 0.05) is 12.2 Å². The van der Waals surface area contributed by atoms with E-state index >= 15 is 0 Å². The number of carbonyl (C=O) groups is 2. The Balaban J connectivity index is 2.36. The van der Waals surface area contributed by atoms with Crippen LogP contribution in [0.25, 0.3) is 0 Å². The maximum atomic E-state index is 11.5. The predicted molar refractivity (Wildman–Crippen MR) is 68.6 cm³/mol. The second kappa shape index (κ2) is 7.06. The first-order valence-electron chi connectivity index (χ1n) is 5.87. The average molecular weight is 273 g/mol. The molecule has 5 nitrogen and oxygen atoms in total. The quantitative estimate of drug-likeness (QED) is 0.780. The van der Waals surface area contributed by atoms with Crippen molar-refractivity contribution in [1.29, 1.82) is 0 Å². The zero-order valence-corrected chi connectivity index (χ0v) is 11.2. The van der Waals surface area contributed by atoms with Crippen LogP contribution in [0.15, 0.2) is 12.3 Å². The first-order chi connectivity index (χ1) is 8.56. The molecule has 0 aliphatic carbocycles. The van der Waals surface area contributed by atoms with Crippen LogP contribution in [0.3, 0.4) is 0 Å². The zero-order valence-electron chi connectivity index (χ0n) is 10.5. The fourth-order valence-electron chi connectivity index (χ4n) is 1.46. The van der Waals surface area contributed by atoms with E-state index in [4.69, 9.17) is 16.3 Å². The van der Waals surface area contributed by atoms with Crippen molar-refractivity contribution in [2.24, 2.45) is 0 Å². The van der Waals surface area contributed by atoms with E-state index in [9.17, 15) is 9.59 Å².